The van der Waals surface area contributed by atoms with Crippen LogP contribution in [0.4, 0.5) is 0 Å². The predicted molar refractivity (Wildman–Crippen MR) is 114 cm³/mol. The Morgan fingerprint density at radius 1 is 0.667 bits per heavy atom. The maximum absolute atomic E-state index is 10.8. The minimum absolute atomic E-state index is 0.146. The van der Waals surface area contributed by atoms with Gasteiger partial charge in [-0.3, -0.25) is 0 Å². The summed E-state index contributed by atoms with van der Waals surface area (Å²) in [6, 6.07) is 9.92. The minimum atomic E-state index is -0.146. The zero-order chi connectivity index (χ0) is 20.4. The number of ether oxygens (including phenoxy) is 2. The maximum Gasteiger partial charge on any atom is 0.123 e. The van der Waals surface area contributed by atoms with Gasteiger partial charge in [0.1, 0.15) is 17.2 Å². The molecule has 1 N–H and O–H groups in total. The third-order valence-electron chi connectivity index (χ3n) is 4.59. The molecule has 0 unspecified atom stereocenters. The highest BCUT2D eigenvalue weighted by molar-refractivity contribution is 5.73. The second-order valence-corrected chi connectivity index (χ2v) is 8.94. The van der Waals surface area contributed by atoms with Gasteiger partial charge in [0, 0.05) is 17.2 Å². The van der Waals surface area contributed by atoms with Crippen molar-refractivity contribution in [2.45, 2.75) is 52.4 Å². The fourth-order valence-electron chi connectivity index (χ4n) is 3.01. The largest absolute Gasteiger partial charge is 0.507 e. The van der Waals surface area contributed by atoms with E-state index in [9.17, 15) is 5.11 Å². The normalized spacial score (nSPS) is 12.4. The van der Waals surface area contributed by atoms with E-state index >= 15 is 0 Å². The lowest BCUT2D eigenvalue weighted by Crippen LogP contribution is -2.17. The molecule has 0 saturated heterocycles. The topological polar surface area (TPSA) is 38.7 Å². The van der Waals surface area contributed by atoms with Crippen LogP contribution in [0.25, 0.3) is 12.2 Å². The van der Waals surface area contributed by atoms with Gasteiger partial charge in [0.05, 0.1) is 14.2 Å². The Morgan fingerprint density at radius 3 is 1.37 bits per heavy atom. The number of benzene rings is 2. The van der Waals surface area contributed by atoms with Gasteiger partial charge in [-0.2, -0.15) is 0 Å². The van der Waals surface area contributed by atoms with Crippen molar-refractivity contribution in [2.75, 3.05) is 14.2 Å². The van der Waals surface area contributed by atoms with E-state index in [1.54, 1.807) is 14.2 Å². The number of phenolic OH excluding ortho intramolecular Hbond substituents is 1. The van der Waals surface area contributed by atoms with E-state index in [0.717, 1.165) is 33.8 Å². The molecule has 0 bridgehead atoms. The fourth-order valence-corrected chi connectivity index (χ4v) is 3.01. The van der Waals surface area contributed by atoms with E-state index in [1.807, 2.05) is 24.3 Å². The fraction of sp³-hybridized carbons (Fsp3) is 0.417. The van der Waals surface area contributed by atoms with Crippen LogP contribution in [-0.2, 0) is 10.8 Å². The molecule has 0 amide bonds. The van der Waals surface area contributed by atoms with Gasteiger partial charge in [-0.25, -0.2) is 0 Å². The first kappa shape index (κ1) is 20.9. The zero-order valence-corrected chi connectivity index (χ0v) is 17.8. The first-order valence-electron chi connectivity index (χ1n) is 9.25. The molecule has 27 heavy (non-hydrogen) atoms. The number of aromatic hydroxyl groups is 1. The predicted octanol–water partition coefficient (Wildman–Crippen LogP) is 6.17. The Kier molecular flexibility index (Phi) is 5.94. The van der Waals surface area contributed by atoms with Gasteiger partial charge in [0.25, 0.3) is 0 Å². The average Bonchev–Trinajstić information content (AvgIpc) is 2.58. The maximum atomic E-state index is 10.8. The molecule has 3 nitrogen and oxygen atoms in total. The third-order valence-corrected chi connectivity index (χ3v) is 4.59. The molecule has 2 aromatic rings. The van der Waals surface area contributed by atoms with Crippen molar-refractivity contribution < 1.29 is 14.6 Å². The summed E-state index contributed by atoms with van der Waals surface area (Å²) in [4.78, 5) is 0. The molecule has 2 rings (SSSR count). The number of phenols is 1. The molecule has 0 fully saturated rings. The molecule has 146 valence electrons. The molecule has 0 aliphatic rings. The lowest BCUT2D eigenvalue weighted by Gasteiger charge is -2.27. The van der Waals surface area contributed by atoms with Crippen LogP contribution in [0, 0.1) is 0 Å². The Bertz CT molecular complexity index is 776. The molecule has 0 aliphatic carbocycles. The van der Waals surface area contributed by atoms with Crippen LogP contribution in [-0.4, -0.2) is 19.3 Å². The summed E-state index contributed by atoms with van der Waals surface area (Å²) in [5, 5.41) is 10.8. The van der Waals surface area contributed by atoms with E-state index in [-0.39, 0.29) is 10.8 Å². The smallest absolute Gasteiger partial charge is 0.123 e. The quantitative estimate of drug-likeness (QED) is 0.655. The van der Waals surface area contributed by atoms with Crippen molar-refractivity contribution in [2.24, 2.45) is 0 Å². The van der Waals surface area contributed by atoms with Crippen molar-refractivity contribution in [3.05, 3.63) is 52.6 Å². The van der Waals surface area contributed by atoms with Crippen molar-refractivity contribution in [1.29, 1.82) is 0 Å². The summed E-state index contributed by atoms with van der Waals surface area (Å²) in [6.45, 7) is 12.7. The Balaban J connectivity index is 2.54. The molecule has 0 heterocycles. The molecule has 0 spiro atoms. The Labute approximate surface area is 163 Å². The third kappa shape index (κ3) is 5.06. The molecule has 0 radical (unpaired) electrons. The number of hydrogen-bond acceptors (Lipinski definition) is 3. The Hall–Kier alpha value is -2.42. The van der Waals surface area contributed by atoms with Gasteiger partial charge in [-0.15, -0.1) is 0 Å². The SMILES string of the molecule is COc1cc(/C=C\c2cc(C(C)(C)C)c(O)c(C(C)(C)C)c2)cc(OC)c1. The van der Waals surface area contributed by atoms with Gasteiger partial charge in [-0.05, 0) is 46.2 Å². The van der Waals surface area contributed by atoms with Crippen LogP contribution < -0.4 is 9.47 Å². The first-order valence-corrected chi connectivity index (χ1v) is 9.25. The highest BCUT2D eigenvalue weighted by Crippen LogP contribution is 2.40. The van der Waals surface area contributed by atoms with Crippen molar-refractivity contribution in [3.8, 4) is 17.2 Å². The van der Waals surface area contributed by atoms with Crippen LogP contribution in [0.2, 0.25) is 0 Å². The van der Waals surface area contributed by atoms with Crippen molar-refractivity contribution >= 4 is 12.2 Å². The summed E-state index contributed by atoms with van der Waals surface area (Å²) in [7, 11) is 3.29. The zero-order valence-electron chi connectivity index (χ0n) is 17.8. The van der Waals surface area contributed by atoms with Crippen LogP contribution >= 0.6 is 0 Å². The molecule has 3 heteroatoms. The van der Waals surface area contributed by atoms with E-state index in [4.69, 9.17) is 9.47 Å². The average molecular weight is 369 g/mol. The molecule has 2 aromatic carbocycles. The summed E-state index contributed by atoms with van der Waals surface area (Å²) in [5.41, 5.74) is 3.68. The van der Waals surface area contributed by atoms with E-state index in [1.165, 1.54) is 0 Å². The molecule has 0 atom stereocenters. The molecule has 0 aromatic heterocycles. The van der Waals surface area contributed by atoms with Gasteiger partial charge in [0.2, 0.25) is 0 Å². The van der Waals surface area contributed by atoms with Gasteiger partial charge >= 0.3 is 0 Å². The Morgan fingerprint density at radius 2 is 1.04 bits per heavy atom. The first-order chi connectivity index (χ1) is 12.5. The van der Waals surface area contributed by atoms with Crippen molar-refractivity contribution in [1.82, 2.24) is 0 Å². The molecule has 0 saturated carbocycles. The van der Waals surface area contributed by atoms with Crippen LogP contribution in [0.1, 0.15) is 63.8 Å². The molecule has 0 aliphatic heterocycles. The van der Waals surface area contributed by atoms with Crippen LogP contribution in [0.5, 0.6) is 17.2 Å². The van der Waals surface area contributed by atoms with Crippen LogP contribution in [0.3, 0.4) is 0 Å². The van der Waals surface area contributed by atoms with Gasteiger partial charge in [0.15, 0.2) is 0 Å². The van der Waals surface area contributed by atoms with E-state index in [0.29, 0.717) is 5.75 Å². The van der Waals surface area contributed by atoms with E-state index < -0.39 is 0 Å². The number of rotatable bonds is 4. The molecular formula is C24H32O3. The second kappa shape index (κ2) is 7.67. The lowest BCUT2D eigenvalue weighted by atomic mass is 9.78. The van der Waals surface area contributed by atoms with Crippen molar-refractivity contribution in [3.63, 3.8) is 0 Å². The second-order valence-electron chi connectivity index (χ2n) is 8.94. The summed E-state index contributed by atoms with van der Waals surface area (Å²) >= 11 is 0. The minimum Gasteiger partial charge on any atom is -0.507 e. The number of methoxy groups -OCH3 is 2. The van der Waals surface area contributed by atoms with Gasteiger partial charge < -0.3 is 14.6 Å². The molecular weight excluding hydrogens is 336 g/mol. The lowest BCUT2D eigenvalue weighted by molar-refractivity contribution is 0.394. The van der Waals surface area contributed by atoms with E-state index in [2.05, 4.69) is 59.8 Å². The van der Waals surface area contributed by atoms with Crippen LogP contribution in [0.15, 0.2) is 30.3 Å². The highest BCUT2D eigenvalue weighted by Gasteiger charge is 2.26. The highest BCUT2D eigenvalue weighted by atomic mass is 16.5. The standard InChI is InChI=1S/C24H32O3/c1-23(2,3)20-13-17(14-21(22(20)25)24(4,5)6)10-9-16-11-18(26-7)15-19(12-16)27-8/h9-15,25H,1-8H3/b10-9-. The summed E-state index contributed by atoms with van der Waals surface area (Å²) < 4.78 is 10.7. The van der Waals surface area contributed by atoms with Gasteiger partial charge in [-0.1, -0.05) is 53.7 Å². The summed E-state index contributed by atoms with van der Waals surface area (Å²) in [6.07, 6.45) is 4.11. The monoisotopic (exact) mass is 368 g/mol. The summed E-state index contributed by atoms with van der Waals surface area (Å²) in [5.74, 6) is 1.91. The number of hydrogen-bond donors (Lipinski definition) is 1.